The van der Waals surface area contributed by atoms with E-state index in [0.29, 0.717) is 25.4 Å². The van der Waals surface area contributed by atoms with E-state index in [2.05, 4.69) is 13.8 Å². The maximum atomic E-state index is 12.1. The van der Waals surface area contributed by atoms with E-state index in [0.717, 1.165) is 51.4 Å². The predicted octanol–water partition coefficient (Wildman–Crippen LogP) is 6.14. The standard InChI is InChI=1S/C28H52O7/c1-4-6-8-13-17-25(16-7-5-2)21-34-27(31)18-14-11-9-10-12-15-19-28(32)35-23-26(20-29)22-33-24(3)30/h25-26,29H,4-23H2,1-3H3. The van der Waals surface area contributed by atoms with Gasteiger partial charge in [0.15, 0.2) is 0 Å². The third-order valence-electron chi connectivity index (χ3n) is 6.18. The van der Waals surface area contributed by atoms with Crippen LogP contribution in [0.5, 0.6) is 0 Å². The van der Waals surface area contributed by atoms with E-state index in [1.165, 1.54) is 45.4 Å². The number of carbonyl (C=O) groups is 3. The molecule has 0 saturated heterocycles. The van der Waals surface area contributed by atoms with Crippen LogP contribution in [0.1, 0.15) is 124 Å². The number of esters is 3. The van der Waals surface area contributed by atoms with Gasteiger partial charge in [0.25, 0.3) is 0 Å². The molecule has 0 rings (SSSR count). The predicted molar refractivity (Wildman–Crippen MR) is 138 cm³/mol. The average Bonchev–Trinajstić information content (AvgIpc) is 2.84. The van der Waals surface area contributed by atoms with Crippen LogP contribution in [0, 0.1) is 11.8 Å². The topological polar surface area (TPSA) is 99.1 Å². The lowest BCUT2D eigenvalue weighted by Gasteiger charge is -2.16. The molecule has 0 aliphatic carbocycles. The number of hydrogen-bond donors (Lipinski definition) is 1. The van der Waals surface area contributed by atoms with Gasteiger partial charge in [0, 0.05) is 19.8 Å². The van der Waals surface area contributed by atoms with Crippen LogP contribution in [0.15, 0.2) is 0 Å². The fraction of sp³-hybridized carbons (Fsp3) is 0.893. The number of aliphatic hydroxyl groups is 1. The molecule has 0 heterocycles. The summed E-state index contributed by atoms with van der Waals surface area (Å²) in [5.74, 6) is -0.668. The van der Waals surface area contributed by atoms with Crippen molar-refractivity contribution >= 4 is 17.9 Å². The number of unbranched alkanes of at least 4 members (excludes halogenated alkanes) is 9. The van der Waals surface area contributed by atoms with Crippen molar-refractivity contribution < 1.29 is 33.7 Å². The summed E-state index contributed by atoms with van der Waals surface area (Å²) in [6.07, 6.45) is 16.2. The fourth-order valence-electron chi connectivity index (χ4n) is 3.86. The van der Waals surface area contributed by atoms with Gasteiger partial charge >= 0.3 is 17.9 Å². The summed E-state index contributed by atoms with van der Waals surface area (Å²) in [5, 5.41) is 9.22. The molecule has 0 fully saturated rings. The van der Waals surface area contributed by atoms with Crippen molar-refractivity contribution in [2.75, 3.05) is 26.4 Å². The Balaban J connectivity index is 3.74. The SMILES string of the molecule is CCCCCCC(CCCC)COC(=O)CCCCCCCCC(=O)OCC(CO)COC(C)=O. The Morgan fingerprint density at radius 1 is 0.600 bits per heavy atom. The minimum Gasteiger partial charge on any atom is -0.465 e. The molecular formula is C28H52O7. The highest BCUT2D eigenvalue weighted by atomic mass is 16.5. The van der Waals surface area contributed by atoms with Gasteiger partial charge in [-0.05, 0) is 31.6 Å². The first kappa shape index (κ1) is 33.4. The number of aliphatic hydroxyl groups excluding tert-OH is 1. The maximum Gasteiger partial charge on any atom is 0.305 e. The van der Waals surface area contributed by atoms with Gasteiger partial charge in [0.05, 0.1) is 32.3 Å². The van der Waals surface area contributed by atoms with Gasteiger partial charge in [0.1, 0.15) is 0 Å². The molecule has 0 spiro atoms. The highest BCUT2D eigenvalue weighted by Crippen LogP contribution is 2.18. The molecule has 0 bridgehead atoms. The van der Waals surface area contributed by atoms with Crippen LogP contribution in [-0.2, 0) is 28.6 Å². The van der Waals surface area contributed by atoms with Crippen LogP contribution in [0.2, 0.25) is 0 Å². The lowest BCUT2D eigenvalue weighted by Crippen LogP contribution is -2.23. The first-order chi connectivity index (χ1) is 16.9. The number of ether oxygens (including phenoxy) is 3. The largest absolute Gasteiger partial charge is 0.465 e. The average molecular weight is 501 g/mol. The number of carbonyl (C=O) groups excluding carboxylic acids is 3. The molecule has 35 heavy (non-hydrogen) atoms. The van der Waals surface area contributed by atoms with Crippen molar-refractivity contribution in [3.05, 3.63) is 0 Å². The van der Waals surface area contributed by atoms with Gasteiger partial charge in [-0.25, -0.2) is 0 Å². The normalized spacial score (nSPS) is 12.7. The van der Waals surface area contributed by atoms with Gasteiger partial charge in [0.2, 0.25) is 0 Å². The van der Waals surface area contributed by atoms with E-state index in [1.54, 1.807) is 0 Å². The Kier molecular flexibility index (Phi) is 23.0. The van der Waals surface area contributed by atoms with Crippen molar-refractivity contribution in [3.8, 4) is 0 Å². The van der Waals surface area contributed by atoms with Crippen LogP contribution in [0.3, 0.4) is 0 Å². The quantitative estimate of drug-likeness (QED) is 0.0965. The fourth-order valence-corrected chi connectivity index (χ4v) is 3.86. The van der Waals surface area contributed by atoms with E-state index in [-0.39, 0.29) is 37.7 Å². The molecule has 7 heteroatoms. The molecule has 206 valence electrons. The molecule has 0 aliphatic rings. The lowest BCUT2D eigenvalue weighted by molar-refractivity contribution is -0.149. The molecule has 0 amide bonds. The Morgan fingerprint density at radius 3 is 1.57 bits per heavy atom. The first-order valence-corrected chi connectivity index (χ1v) is 14.0. The molecule has 0 aliphatic heterocycles. The highest BCUT2D eigenvalue weighted by Gasteiger charge is 2.13. The molecule has 0 radical (unpaired) electrons. The van der Waals surface area contributed by atoms with Crippen LogP contribution < -0.4 is 0 Å². The van der Waals surface area contributed by atoms with Gasteiger partial charge < -0.3 is 19.3 Å². The third-order valence-corrected chi connectivity index (χ3v) is 6.18. The van der Waals surface area contributed by atoms with E-state index in [9.17, 15) is 19.5 Å². The summed E-state index contributed by atoms with van der Waals surface area (Å²) in [5.41, 5.74) is 0. The van der Waals surface area contributed by atoms with Gasteiger partial charge in [-0.15, -0.1) is 0 Å². The molecule has 0 aromatic rings. The second-order valence-corrected chi connectivity index (χ2v) is 9.70. The molecule has 2 atom stereocenters. The van der Waals surface area contributed by atoms with Crippen LogP contribution in [-0.4, -0.2) is 49.4 Å². The monoisotopic (exact) mass is 500 g/mol. The summed E-state index contributed by atoms with van der Waals surface area (Å²) in [6.45, 7) is 6.20. The van der Waals surface area contributed by atoms with E-state index in [1.807, 2.05) is 0 Å². The molecule has 1 N–H and O–H groups in total. The van der Waals surface area contributed by atoms with E-state index in [4.69, 9.17) is 14.2 Å². The second kappa shape index (κ2) is 24.1. The Hall–Kier alpha value is -1.63. The Bertz CT molecular complexity index is 535. The van der Waals surface area contributed by atoms with E-state index >= 15 is 0 Å². The Labute approximate surface area is 213 Å². The lowest BCUT2D eigenvalue weighted by atomic mass is 9.96. The molecule has 0 aromatic heterocycles. The summed E-state index contributed by atoms with van der Waals surface area (Å²) in [7, 11) is 0. The summed E-state index contributed by atoms with van der Waals surface area (Å²) < 4.78 is 15.6. The first-order valence-electron chi connectivity index (χ1n) is 14.0. The van der Waals surface area contributed by atoms with Crippen molar-refractivity contribution in [2.45, 2.75) is 124 Å². The van der Waals surface area contributed by atoms with Gasteiger partial charge in [-0.2, -0.15) is 0 Å². The van der Waals surface area contributed by atoms with Crippen LogP contribution >= 0.6 is 0 Å². The molecule has 0 saturated carbocycles. The van der Waals surface area contributed by atoms with Crippen LogP contribution in [0.25, 0.3) is 0 Å². The van der Waals surface area contributed by atoms with Crippen molar-refractivity contribution in [2.24, 2.45) is 11.8 Å². The minimum atomic E-state index is -0.420. The van der Waals surface area contributed by atoms with Gasteiger partial charge in [-0.3, -0.25) is 14.4 Å². The zero-order chi connectivity index (χ0) is 26.2. The summed E-state index contributed by atoms with van der Waals surface area (Å²) in [4.78, 5) is 34.7. The number of rotatable bonds is 24. The summed E-state index contributed by atoms with van der Waals surface area (Å²) >= 11 is 0. The van der Waals surface area contributed by atoms with Gasteiger partial charge in [-0.1, -0.05) is 78.1 Å². The zero-order valence-electron chi connectivity index (χ0n) is 22.7. The molecule has 2 unspecified atom stereocenters. The smallest absolute Gasteiger partial charge is 0.305 e. The molecule has 7 nitrogen and oxygen atoms in total. The van der Waals surface area contributed by atoms with Crippen molar-refractivity contribution in [1.29, 1.82) is 0 Å². The van der Waals surface area contributed by atoms with Crippen LogP contribution in [0.4, 0.5) is 0 Å². The summed E-state index contributed by atoms with van der Waals surface area (Å²) in [6, 6.07) is 0. The Morgan fingerprint density at radius 2 is 1.06 bits per heavy atom. The highest BCUT2D eigenvalue weighted by molar-refractivity contribution is 5.69. The zero-order valence-corrected chi connectivity index (χ0v) is 22.7. The van der Waals surface area contributed by atoms with Crippen molar-refractivity contribution in [1.82, 2.24) is 0 Å². The molecule has 0 aromatic carbocycles. The minimum absolute atomic E-state index is 0.0468. The van der Waals surface area contributed by atoms with E-state index < -0.39 is 5.97 Å². The number of hydrogen-bond acceptors (Lipinski definition) is 7. The second-order valence-electron chi connectivity index (χ2n) is 9.70. The molecular weight excluding hydrogens is 448 g/mol. The maximum absolute atomic E-state index is 12.1. The van der Waals surface area contributed by atoms with Crippen molar-refractivity contribution in [3.63, 3.8) is 0 Å². The third kappa shape index (κ3) is 22.6.